The van der Waals surface area contributed by atoms with E-state index in [-0.39, 0.29) is 6.61 Å². The Morgan fingerprint density at radius 2 is 1.21 bits per heavy atom. The van der Waals surface area contributed by atoms with E-state index >= 15 is 0 Å². The van der Waals surface area contributed by atoms with Gasteiger partial charge in [-0.2, -0.15) is 0 Å². The van der Waals surface area contributed by atoms with Gasteiger partial charge in [0, 0.05) is 24.5 Å². The summed E-state index contributed by atoms with van der Waals surface area (Å²) in [4.78, 5) is 3.78. The zero-order valence-corrected chi connectivity index (χ0v) is 17.9. The third kappa shape index (κ3) is 12.6. The molecule has 0 fully saturated rings. The summed E-state index contributed by atoms with van der Waals surface area (Å²) in [6.45, 7) is 2.50. The van der Waals surface area contributed by atoms with Crippen LogP contribution in [-0.2, 0) is 14.5 Å². The molecule has 0 N–H and O–H groups in total. The molecule has 2 rings (SSSR count). The van der Waals surface area contributed by atoms with E-state index in [1.807, 2.05) is 18.2 Å². The molecule has 0 unspecified atom stereocenters. The molecule has 0 aromatic carbocycles. The Morgan fingerprint density at radius 1 is 0.714 bits per heavy atom. The summed E-state index contributed by atoms with van der Waals surface area (Å²) in [5, 5.41) is 0. The lowest BCUT2D eigenvalue weighted by atomic mass is 10.1. The Hall–Kier alpha value is -1.79. The van der Waals surface area contributed by atoms with Gasteiger partial charge in [0.15, 0.2) is 12.4 Å². The van der Waals surface area contributed by atoms with Crippen LogP contribution >= 0.6 is 0 Å². The third-order valence-corrected chi connectivity index (χ3v) is 5.47. The number of rotatable bonds is 13. The summed E-state index contributed by atoms with van der Waals surface area (Å²) in [7, 11) is -3.65. The number of nitrogens with zero attached hydrogens (tertiary/aromatic N) is 2. The summed E-state index contributed by atoms with van der Waals surface area (Å²) < 4.78 is 29.8. The fourth-order valence-electron chi connectivity index (χ4n) is 2.66. The number of unbranched alkanes of at least 4 members (excludes halogenated alkanes) is 9. The minimum Gasteiger partial charge on any atom is -0.265 e. The van der Waals surface area contributed by atoms with Crippen molar-refractivity contribution in [2.45, 2.75) is 71.1 Å². The van der Waals surface area contributed by atoms with E-state index in [9.17, 15) is 8.42 Å². The summed E-state index contributed by atoms with van der Waals surface area (Å²) in [6.07, 6.45) is 18.7. The Labute approximate surface area is 171 Å². The Morgan fingerprint density at radius 3 is 1.68 bits per heavy atom. The van der Waals surface area contributed by atoms with Gasteiger partial charge in [-0.25, -0.2) is 4.18 Å². The predicted molar refractivity (Wildman–Crippen MR) is 113 cm³/mol. The van der Waals surface area contributed by atoms with Crippen LogP contribution in [0.2, 0.25) is 0 Å². The molecule has 0 saturated carbocycles. The average molecular weight is 408 g/mol. The maximum absolute atomic E-state index is 11.8. The lowest BCUT2D eigenvalue weighted by molar-refractivity contribution is -0.520. The monoisotopic (exact) mass is 407 g/mol. The molecule has 0 aliphatic carbocycles. The van der Waals surface area contributed by atoms with Crippen molar-refractivity contribution < 1.29 is 16.6 Å². The van der Waals surface area contributed by atoms with Crippen LogP contribution < -0.4 is 3.97 Å². The SMILES string of the molecule is CCCCCCCCCCCCOS(=O)(=O)[n+]1ccccc1.c1ccncc1. The highest BCUT2D eigenvalue weighted by atomic mass is 32.2. The van der Waals surface area contributed by atoms with Gasteiger partial charge < -0.3 is 0 Å². The summed E-state index contributed by atoms with van der Waals surface area (Å²) in [5.41, 5.74) is 0. The van der Waals surface area contributed by atoms with E-state index in [1.54, 1.807) is 30.6 Å². The highest BCUT2D eigenvalue weighted by Crippen LogP contribution is 2.10. The number of aromatic nitrogens is 2. The molecule has 0 saturated heterocycles. The van der Waals surface area contributed by atoms with Gasteiger partial charge in [-0.1, -0.05) is 80.8 Å². The molecule has 0 aliphatic rings. The molecule has 0 spiro atoms. The van der Waals surface area contributed by atoms with Gasteiger partial charge in [-0.05, 0) is 18.6 Å². The molecule has 0 bridgehead atoms. The summed E-state index contributed by atoms with van der Waals surface area (Å²) in [6, 6.07) is 10.8. The zero-order chi connectivity index (χ0) is 20.3. The molecule has 0 atom stereocenters. The molecule has 0 radical (unpaired) electrons. The molecule has 2 aromatic rings. The number of hydrogen-bond donors (Lipinski definition) is 0. The molecule has 156 valence electrons. The van der Waals surface area contributed by atoms with Crippen molar-refractivity contribution in [2.24, 2.45) is 0 Å². The van der Waals surface area contributed by atoms with Crippen molar-refractivity contribution in [3.05, 3.63) is 61.2 Å². The second kappa shape index (κ2) is 16.2. The van der Waals surface area contributed by atoms with Gasteiger partial charge in [0.25, 0.3) is 0 Å². The molecule has 0 amide bonds. The molecule has 6 heteroatoms. The highest BCUT2D eigenvalue weighted by Gasteiger charge is 2.21. The van der Waals surface area contributed by atoms with Crippen molar-refractivity contribution in [1.82, 2.24) is 4.98 Å². The smallest absolute Gasteiger partial charge is 0.265 e. The van der Waals surface area contributed by atoms with E-state index in [0.717, 1.165) is 23.2 Å². The second-order valence-electron chi connectivity index (χ2n) is 6.69. The Bertz CT molecular complexity index is 653. The van der Waals surface area contributed by atoms with Gasteiger partial charge in [0.05, 0.1) is 6.61 Å². The Balaban J connectivity index is 0.000000552. The standard InChI is InChI=1S/C17H30NO3S.C5H5N/c1-2-3-4-5-6-7-8-9-10-14-17-21-22(19,20)18-15-12-11-13-16-18;1-2-4-6-5-3-1/h11-13,15-16H,2-10,14,17H2,1H3;1-5H/q+1;. The van der Waals surface area contributed by atoms with Crippen molar-refractivity contribution in [3.63, 3.8) is 0 Å². The van der Waals surface area contributed by atoms with Crippen molar-refractivity contribution >= 4 is 10.3 Å². The molecule has 0 aliphatic heterocycles. The summed E-state index contributed by atoms with van der Waals surface area (Å²) >= 11 is 0. The fourth-order valence-corrected chi connectivity index (χ4v) is 3.55. The van der Waals surface area contributed by atoms with E-state index in [2.05, 4.69) is 11.9 Å². The first-order valence-corrected chi connectivity index (χ1v) is 11.7. The highest BCUT2D eigenvalue weighted by molar-refractivity contribution is 7.80. The molecule has 2 heterocycles. The van der Waals surface area contributed by atoms with Crippen LogP contribution in [-0.4, -0.2) is 20.0 Å². The number of pyridine rings is 2. The molecule has 5 nitrogen and oxygen atoms in total. The predicted octanol–water partition coefficient (Wildman–Crippen LogP) is 5.09. The third-order valence-electron chi connectivity index (χ3n) is 4.24. The second-order valence-corrected chi connectivity index (χ2v) is 8.20. The zero-order valence-electron chi connectivity index (χ0n) is 17.1. The van der Waals surface area contributed by atoms with Gasteiger partial charge in [0.1, 0.15) is 0 Å². The fraction of sp³-hybridized carbons (Fsp3) is 0.545. The van der Waals surface area contributed by atoms with Gasteiger partial charge >= 0.3 is 10.3 Å². The van der Waals surface area contributed by atoms with Gasteiger partial charge in [-0.15, -0.1) is 8.42 Å². The van der Waals surface area contributed by atoms with Crippen LogP contribution in [0, 0.1) is 0 Å². The minimum atomic E-state index is -3.65. The summed E-state index contributed by atoms with van der Waals surface area (Å²) in [5.74, 6) is 0. The van der Waals surface area contributed by atoms with Gasteiger partial charge in [-0.3, -0.25) is 4.98 Å². The first-order chi connectivity index (χ1) is 13.7. The maximum Gasteiger partial charge on any atom is 0.513 e. The van der Waals surface area contributed by atoms with Crippen molar-refractivity contribution in [2.75, 3.05) is 6.61 Å². The Kier molecular flexibility index (Phi) is 14.0. The van der Waals surface area contributed by atoms with E-state index in [0.29, 0.717) is 0 Å². The van der Waals surface area contributed by atoms with Gasteiger partial charge in [0.2, 0.25) is 0 Å². The van der Waals surface area contributed by atoms with E-state index in [4.69, 9.17) is 4.18 Å². The molecule has 28 heavy (non-hydrogen) atoms. The quantitative estimate of drug-likeness (QED) is 0.343. The van der Waals surface area contributed by atoms with Crippen LogP contribution in [0.3, 0.4) is 0 Å². The maximum atomic E-state index is 11.8. The van der Waals surface area contributed by atoms with E-state index in [1.165, 1.54) is 57.3 Å². The van der Waals surface area contributed by atoms with Crippen LogP contribution in [0.15, 0.2) is 61.2 Å². The van der Waals surface area contributed by atoms with Crippen molar-refractivity contribution in [1.29, 1.82) is 0 Å². The molecule has 2 aromatic heterocycles. The van der Waals surface area contributed by atoms with Crippen LogP contribution in [0.25, 0.3) is 0 Å². The lowest BCUT2D eigenvalue weighted by Crippen LogP contribution is -2.43. The van der Waals surface area contributed by atoms with Crippen LogP contribution in [0.5, 0.6) is 0 Å². The normalized spacial score (nSPS) is 10.9. The van der Waals surface area contributed by atoms with Crippen LogP contribution in [0.4, 0.5) is 0 Å². The molecular formula is C22H35N2O3S+. The van der Waals surface area contributed by atoms with Crippen LogP contribution in [0.1, 0.15) is 71.1 Å². The first kappa shape index (κ1) is 24.2. The average Bonchev–Trinajstić information content (AvgIpc) is 2.74. The lowest BCUT2D eigenvalue weighted by Gasteiger charge is -2.02. The largest absolute Gasteiger partial charge is 0.513 e. The number of hydrogen-bond acceptors (Lipinski definition) is 4. The topological polar surface area (TPSA) is 60.1 Å². The minimum absolute atomic E-state index is 0.265. The first-order valence-electron chi connectivity index (χ1n) is 10.4. The van der Waals surface area contributed by atoms with E-state index < -0.39 is 10.3 Å². The van der Waals surface area contributed by atoms with Crippen molar-refractivity contribution in [3.8, 4) is 0 Å². The molecular weight excluding hydrogens is 372 g/mol.